The molecule has 1 unspecified atom stereocenters. The van der Waals surface area contributed by atoms with Crippen molar-refractivity contribution in [1.29, 1.82) is 0 Å². The normalized spacial score (nSPS) is 20.0. The SMILES string of the molecule is Cc1nnc(CN2CCCCC2CCn2ccnc2C)o1. The molecule has 114 valence electrons. The van der Waals surface area contributed by atoms with Crippen molar-refractivity contribution < 1.29 is 4.42 Å². The van der Waals surface area contributed by atoms with Crippen LogP contribution in [0.5, 0.6) is 0 Å². The van der Waals surface area contributed by atoms with Crippen molar-refractivity contribution >= 4 is 0 Å². The zero-order chi connectivity index (χ0) is 14.7. The lowest BCUT2D eigenvalue weighted by atomic mass is 9.99. The molecule has 21 heavy (non-hydrogen) atoms. The molecule has 6 nitrogen and oxygen atoms in total. The molecule has 0 amide bonds. The third-order valence-electron chi connectivity index (χ3n) is 4.28. The smallest absolute Gasteiger partial charge is 0.230 e. The summed E-state index contributed by atoms with van der Waals surface area (Å²) in [7, 11) is 0. The quantitative estimate of drug-likeness (QED) is 0.845. The Morgan fingerprint density at radius 3 is 2.90 bits per heavy atom. The van der Waals surface area contributed by atoms with Gasteiger partial charge in [-0.05, 0) is 32.7 Å². The largest absolute Gasteiger partial charge is 0.424 e. The van der Waals surface area contributed by atoms with Gasteiger partial charge >= 0.3 is 0 Å². The molecule has 0 radical (unpaired) electrons. The van der Waals surface area contributed by atoms with Crippen LogP contribution >= 0.6 is 0 Å². The monoisotopic (exact) mass is 289 g/mol. The number of rotatable bonds is 5. The Morgan fingerprint density at radius 2 is 2.19 bits per heavy atom. The van der Waals surface area contributed by atoms with Crippen LogP contribution in [-0.4, -0.2) is 37.2 Å². The predicted molar refractivity (Wildman–Crippen MR) is 78.7 cm³/mol. The van der Waals surface area contributed by atoms with Gasteiger partial charge in [0.2, 0.25) is 11.8 Å². The van der Waals surface area contributed by atoms with Gasteiger partial charge in [-0.3, -0.25) is 4.90 Å². The highest BCUT2D eigenvalue weighted by atomic mass is 16.4. The van der Waals surface area contributed by atoms with E-state index >= 15 is 0 Å². The van der Waals surface area contributed by atoms with E-state index in [4.69, 9.17) is 4.42 Å². The highest BCUT2D eigenvalue weighted by Crippen LogP contribution is 2.22. The second-order valence-corrected chi connectivity index (χ2v) is 5.79. The third-order valence-corrected chi connectivity index (χ3v) is 4.28. The van der Waals surface area contributed by atoms with Crippen LogP contribution in [0.15, 0.2) is 16.8 Å². The molecule has 0 spiro atoms. The standard InChI is InChI=1S/C15H23N5O/c1-12-16-7-10-19(12)9-6-14-5-3-4-8-20(14)11-15-18-17-13(2)21-15/h7,10,14H,3-6,8-9,11H2,1-2H3. The molecular weight excluding hydrogens is 266 g/mol. The van der Waals surface area contributed by atoms with Crippen LogP contribution in [0.3, 0.4) is 0 Å². The Morgan fingerprint density at radius 1 is 1.29 bits per heavy atom. The maximum absolute atomic E-state index is 5.52. The van der Waals surface area contributed by atoms with Gasteiger partial charge in [-0.2, -0.15) is 0 Å². The maximum atomic E-state index is 5.52. The Hall–Kier alpha value is -1.69. The molecule has 3 heterocycles. The first-order valence-corrected chi connectivity index (χ1v) is 7.73. The Balaban J connectivity index is 1.60. The van der Waals surface area contributed by atoms with Crippen LogP contribution in [0.4, 0.5) is 0 Å². The van der Waals surface area contributed by atoms with Gasteiger partial charge in [0, 0.05) is 31.9 Å². The number of likely N-dealkylation sites (tertiary alicyclic amines) is 1. The Kier molecular flexibility index (Phi) is 4.34. The molecule has 0 aliphatic carbocycles. The van der Waals surface area contributed by atoms with Gasteiger partial charge < -0.3 is 8.98 Å². The topological polar surface area (TPSA) is 60.0 Å². The van der Waals surface area contributed by atoms with Crippen LogP contribution in [0.1, 0.15) is 43.3 Å². The lowest BCUT2D eigenvalue weighted by Crippen LogP contribution is -2.39. The predicted octanol–water partition coefficient (Wildman–Crippen LogP) is 2.33. The van der Waals surface area contributed by atoms with E-state index in [2.05, 4.69) is 37.8 Å². The number of hydrogen-bond acceptors (Lipinski definition) is 5. The van der Waals surface area contributed by atoms with Gasteiger partial charge in [0.25, 0.3) is 0 Å². The van der Waals surface area contributed by atoms with Crippen LogP contribution in [0, 0.1) is 13.8 Å². The molecular formula is C15H23N5O. The fourth-order valence-electron chi connectivity index (χ4n) is 3.10. The van der Waals surface area contributed by atoms with E-state index in [0.717, 1.165) is 37.8 Å². The number of imidazole rings is 1. The van der Waals surface area contributed by atoms with Gasteiger partial charge in [-0.15, -0.1) is 10.2 Å². The van der Waals surface area contributed by atoms with Crippen molar-refractivity contribution in [3.05, 3.63) is 30.0 Å². The lowest BCUT2D eigenvalue weighted by molar-refractivity contribution is 0.116. The molecule has 1 fully saturated rings. The minimum Gasteiger partial charge on any atom is -0.424 e. The fraction of sp³-hybridized carbons (Fsp3) is 0.667. The van der Waals surface area contributed by atoms with Crippen molar-refractivity contribution in [3.63, 3.8) is 0 Å². The minimum absolute atomic E-state index is 0.591. The van der Waals surface area contributed by atoms with Gasteiger partial charge in [0.05, 0.1) is 6.54 Å². The van der Waals surface area contributed by atoms with Gasteiger partial charge in [-0.1, -0.05) is 6.42 Å². The van der Waals surface area contributed by atoms with Crippen molar-refractivity contribution in [2.45, 2.75) is 58.7 Å². The molecule has 2 aromatic heterocycles. The first kappa shape index (κ1) is 14.3. The van der Waals surface area contributed by atoms with Crippen LogP contribution < -0.4 is 0 Å². The Bertz CT molecular complexity index is 576. The summed E-state index contributed by atoms with van der Waals surface area (Å²) in [5.74, 6) is 2.47. The molecule has 1 aliphatic rings. The summed E-state index contributed by atoms with van der Waals surface area (Å²) >= 11 is 0. The van der Waals surface area contributed by atoms with Crippen LogP contribution in [0.2, 0.25) is 0 Å². The first-order valence-electron chi connectivity index (χ1n) is 7.73. The molecule has 1 atom stereocenters. The maximum Gasteiger partial charge on any atom is 0.230 e. The summed E-state index contributed by atoms with van der Waals surface area (Å²) in [5, 5.41) is 8.04. The number of aromatic nitrogens is 4. The molecule has 0 aromatic carbocycles. The molecule has 1 aliphatic heterocycles. The summed E-state index contributed by atoms with van der Waals surface area (Å²) in [6.45, 7) is 6.81. The van der Waals surface area contributed by atoms with Crippen molar-refractivity contribution in [2.24, 2.45) is 0 Å². The zero-order valence-electron chi connectivity index (χ0n) is 12.8. The van der Waals surface area contributed by atoms with E-state index in [-0.39, 0.29) is 0 Å². The van der Waals surface area contributed by atoms with E-state index in [9.17, 15) is 0 Å². The van der Waals surface area contributed by atoms with Gasteiger partial charge in [-0.25, -0.2) is 4.98 Å². The van der Waals surface area contributed by atoms with Crippen molar-refractivity contribution in [3.8, 4) is 0 Å². The average molecular weight is 289 g/mol. The summed E-state index contributed by atoms with van der Waals surface area (Å²) in [6, 6.07) is 0.591. The molecule has 0 N–H and O–H groups in total. The molecule has 6 heteroatoms. The third kappa shape index (κ3) is 3.50. The molecule has 3 rings (SSSR count). The highest BCUT2D eigenvalue weighted by Gasteiger charge is 2.24. The highest BCUT2D eigenvalue weighted by molar-refractivity contribution is 4.90. The molecule has 2 aromatic rings. The summed E-state index contributed by atoms with van der Waals surface area (Å²) in [4.78, 5) is 6.77. The number of nitrogens with zero attached hydrogens (tertiary/aromatic N) is 5. The van der Waals surface area contributed by atoms with E-state index in [1.165, 1.54) is 19.3 Å². The second-order valence-electron chi connectivity index (χ2n) is 5.79. The van der Waals surface area contributed by atoms with Gasteiger partial charge in [0.1, 0.15) is 5.82 Å². The summed E-state index contributed by atoms with van der Waals surface area (Å²) in [5.41, 5.74) is 0. The zero-order valence-corrected chi connectivity index (χ0v) is 12.8. The Labute approximate surface area is 125 Å². The van der Waals surface area contributed by atoms with Crippen LogP contribution in [0.25, 0.3) is 0 Å². The van der Waals surface area contributed by atoms with Crippen molar-refractivity contribution in [2.75, 3.05) is 6.54 Å². The molecule has 1 saturated heterocycles. The summed E-state index contributed by atoms with van der Waals surface area (Å²) < 4.78 is 7.75. The minimum atomic E-state index is 0.591. The van der Waals surface area contributed by atoms with E-state index in [1.807, 2.05) is 13.1 Å². The molecule has 0 saturated carbocycles. The average Bonchev–Trinajstić information content (AvgIpc) is 3.07. The fourth-order valence-corrected chi connectivity index (χ4v) is 3.10. The number of piperidine rings is 1. The number of hydrogen-bond donors (Lipinski definition) is 0. The van der Waals surface area contributed by atoms with Gasteiger partial charge in [0.15, 0.2) is 0 Å². The summed E-state index contributed by atoms with van der Waals surface area (Å²) in [6.07, 6.45) is 8.89. The van der Waals surface area contributed by atoms with E-state index in [0.29, 0.717) is 11.9 Å². The molecule has 0 bridgehead atoms. The van der Waals surface area contributed by atoms with Crippen LogP contribution in [-0.2, 0) is 13.1 Å². The lowest BCUT2D eigenvalue weighted by Gasteiger charge is -2.34. The number of aryl methyl sites for hydroxylation is 3. The van der Waals surface area contributed by atoms with Crippen molar-refractivity contribution in [1.82, 2.24) is 24.6 Å². The van der Waals surface area contributed by atoms with E-state index in [1.54, 1.807) is 0 Å². The first-order chi connectivity index (χ1) is 10.2. The van der Waals surface area contributed by atoms with E-state index < -0.39 is 0 Å². The second kappa shape index (κ2) is 6.39.